The number of carbonyl (C=O) groups is 2. The van der Waals surface area contributed by atoms with Gasteiger partial charge in [0, 0.05) is 61.8 Å². The molecule has 3 amide bonds. The Morgan fingerprint density at radius 1 is 1.14 bits per heavy atom. The van der Waals surface area contributed by atoms with Gasteiger partial charge in [0.05, 0.1) is 6.20 Å². The molecule has 1 aliphatic carbocycles. The molecule has 1 saturated heterocycles. The van der Waals surface area contributed by atoms with Crippen LogP contribution in [-0.4, -0.2) is 70.9 Å². The SMILES string of the molecule is Cc1ccc(OC(C)(C)C(=O)NCCCN)cc1N1CCC[C@@H](NC(=O)N(Cc2ccc(-c3cn[nH]c3)cc2)C2CC2)C1. The number of anilines is 1. The van der Waals surface area contributed by atoms with Gasteiger partial charge in [0.1, 0.15) is 5.75 Å². The number of hydrogen-bond donors (Lipinski definition) is 4. The van der Waals surface area contributed by atoms with Crippen LogP contribution < -0.4 is 26.0 Å². The molecule has 43 heavy (non-hydrogen) atoms. The van der Waals surface area contributed by atoms with Crippen LogP contribution in [0.3, 0.4) is 0 Å². The monoisotopic (exact) mass is 587 g/mol. The molecule has 2 fully saturated rings. The van der Waals surface area contributed by atoms with Crippen LogP contribution in [0, 0.1) is 6.92 Å². The fourth-order valence-corrected chi connectivity index (χ4v) is 5.58. The Morgan fingerprint density at radius 3 is 2.63 bits per heavy atom. The zero-order chi connectivity index (χ0) is 30.4. The Labute approximate surface area is 254 Å². The van der Waals surface area contributed by atoms with E-state index in [1.165, 1.54) is 0 Å². The number of nitrogens with zero attached hydrogens (tertiary/aromatic N) is 3. The number of benzene rings is 2. The molecule has 10 nitrogen and oxygen atoms in total. The quantitative estimate of drug-likeness (QED) is 0.233. The molecule has 10 heteroatoms. The van der Waals surface area contributed by atoms with E-state index in [1.807, 2.05) is 35.5 Å². The summed E-state index contributed by atoms with van der Waals surface area (Å²) in [5, 5.41) is 13.1. The number of urea groups is 1. The zero-order valence-corrected chi connectivity index (χ0v) is 25.6. The minimum Gasteiger partial charge on any atom is -0.478 e. The molecular weight excluding hydrogens is 542 g/mol. The predicted molar refractivity (Wildman–Crippen MR) is 169 cm³/mol. The van der Waals surface area contributed by atoms with Crippen LogP contribution in [0.4, 0.5) is 10.5 Å². The van der Waals surface area contributed by atoms with Gasteiger partial charge >= 0.3 is 6.03 Å². The molecule has 5 rings (SSSR count). The summed E-state index contributed by atoms with van der Waals surface area (Å²) in [7, 11) is 0. The van der Waals surface area contributed by atoms with E-state index in [0.717, 1.165) is 73.1 Å². The van der Waals surface area contributed by atoms with Gasteiger partial charge in [-0.25, -0.2) is 4.79 Å². The highest BCUT2D eigenvalue weighted by Gasteiger charge is 2.34. The maximum atomic E-state index is 13.5. The number of aromatic nitrogens is 2. The lowest BCUT2D eigenvalue weighted by molar-refractivity contribution is -0.134. The number of carbonyl (C=O) groups excluding carboxylic acids is 2. The number of amides is 3. The minimum absolute atomic E-state index is 0.00413. The number of nitrogens with one attached hydrogen (secondary N) is 3. The first kappa shape index (κ1) is 30.4. The molecule has 2 heterocycles. The van der Waals surface area contributed by atoms with E-state index in [9.17, 15) is 9.59 Å². The van der Waals surface area contributed by atoms with E-state index in [0.29, 0.717) is 31.4 Å². The fraction of sp³-hybridized carbons (Fsp3) is 0.485. The summed E-state index contributed by atoms with van der Waals surface area (Å²) in [5.41, 5.74) is 9.98. The largest absolute Gasteiger partial charge is 0.478 e. The van der Waals surface area contributed by atoms with Gasteiger partial charge in [0.15, 0.2) is 5.60 Å². The van der Waals surface area contributed by atoms with Gasteiger partial charge in [0.25, 0.3) is 5.91 Å². The predicted octanol–water partition coefficient (Wildman–Crippen LogP) is 4.35. The second-order valence-corrected chi connectivity index (χ2v) is 12.2. The van der Waals surface area contributed by atoms with Gasteiger partial charge in [-0.15, -0.1) is 0 Å². The van der Waals surface area contributed by atoms with Crippen LogP contribution in [0.5, 0.6) is 5.75 Å². The van der Waals surface area contributed by atoms with Crippen molar-refractivity contribution in [2.45, 2.75) is 77.1 Å². The molecule has 2 aliphatic rings. The van der Waals surface area contributed by atoms with Gasteiger partial charge in [-0.2, -0.15) is 5.10 Å². The van der Waals surface area contributed by atoms with Gasteiger partial charge in [-0.05, 0) is 82.2 Å². The maximum absolute atomic E-state index is 13.5. The third-order valence-corrected chi connectivity index (χ3v) is 8.24. The van der Waals surface area contributed by atoms with E-state index in [4.69, 9.17) is 10.5 Å². The summed E-state index contributed by atoms with van der Waals surface area (Å²) < 4.78 is 6.17. The minimum atomic E-state index is -1.02. The van der Waals surface area contributed by atoms with Crippen molar-refractivity contribution < 1.29 is 14.3 Å². The average molecular weight is 588 g/mol. The molecule has 0 spiro atoms. The summed E-state index contributed by atoms with van der Waals surface area (Å²) in [6.07, 6.45) is 8.41. The van der Waals surface area contributed by atoms with Crippen LogP contribution in [0.25, 0.3) is 11.1 Å². The molecule has 2 aromatic carbocycles. The van der Waals surface area contributed by atoms with Crippen molar-refractivity contribution in [1.82, 2.24) is 25.7 Å². The van der Waals surface area contributed by atoms with Crippen molar-refractivity contribution in [3.05, 3.63) is 66.0 Å². The molecule has 1 atom stereocenters. The molecule has 5 N–H and O–H groups in total. The number of piperidine rings is 1. The second-order valence-electron chi connectivity index (χ2n) is 12.2. The first-order valence-corrected chi connectivity index (χ1v) is 15.4. The van der Waals surface area contributed by atoms with Crippen molar-refractivity contribution in [3.63, 3.8) is 0 Å². The molecule has 0 bridgehead atoms. The number of nitrogens with two attached hydrogens (primary N) is 1. The van der Waals surface area contributed by atoms with E-state index in [-0.39, 0.29) is 18.0 Å². The number of ether oxygens (including phenoxy) is 1. The summed E-state index contributed by atoms with van der Waals surface area (Å²) in [6.45, 7) is 8.89. The normalized spacial score (nSPS) is 16.9. The summed E-state index contributed by atoms with van der Waals surface area (Å²) in [6, 6.07) is 14.6. The smallest absolute Gasteiger partial charge is 0.318 e. The Kier molecular flexibility index (Phi) is 9.55. The lowest BCUT2D eigenvalue weighted by Crippen LogP contribution is -2.52. The molecule has 3 aromatic rings. The van der Waals surface area contributed by atoms with Crippen molar-refractivity contribution in [3.8, 4) is 16.9 Å². The fourth-order valence-electron chi connectivity index (χ4n) is 5.58. The zero-order valence-electron chi connectivity index (χ0n) is 25.6. The second kappa shape index (κ2) is 13.5. The van der Waals surface area contributed by atoms with Gasteiger partial charge in [-0.3, -0.25) is 9.89 Å². The molecule has 1 aromatic heterocycles. The van der Waals surface area contributed by atoms with E-state index < -0.39 is 5.60 Å². The van der Waals surface area contributed by atoms with Crippen molar-refractivity contribution >= 4 is 17.6 Å². The van der Waals surface area contributed by atoms with E-state index in [1.54, 1.807) is 13.8 Å². The lowest BCUT2D eigenvalue weighted by Gasteiger charge is -2.37. The molecule has 1 aliphatic heterocycles. The first-order chi connectivity index (χ1) is 20.7. The van der Waals surface area contributed by atoms with Gasteiger partial charge < -0.3 is 30.9 Å². The van der Waals surface area contributed by atoms with Gasteiger partial charge in [0.2, 0.25) is 0 Å². The van der Waals surface area contributed by atoms with Crippen molar-refractivity contribution in [2.24, 2.45) is 5.73 Å². The summed E-state index contributed by atoms with van der Waals surface area (Å²) in [4.78, 5) is 30.6. The van der Waals surface area contributed by atoms with Gasteiger partial charge in [-0.1, -0.05) is 30.3 Å². The van der Waals surface area contributed by atoms with Crippen molar-refractivity contribution in [2.75, 3.05) is 31.1 Å². The van der Waals surface area contributed by atoms with Crippen LogP contribution in [0.1, 0.15) is 57.1 Å². The van der Waals surface area contributed by atoms with Crippen LogP contribution in [-0.2, 0) is 11.3 Å². The third-order valence-electron chi connectivity index (χ3n) is 8.24. The molecular formula is C33H45N7O3. The number of hydrogen-bond acceptors (Lipinski definition) is 6. The summed E-state index contributed by atoms with van der Waals surface area (Å²) in [5.74, 6) is 0.474. The Balaban J connectivity index is 1.20. The molecule has 230 valence electrons. The standard InChI is InChI=1S/C33H45N7O3/c1-23-7-14-29(43-33(2,3)31(41)35-16-5-15-34)18-30(23)39-17-4-6-27(22-39)38-32(42)40(28-12-13-28)21-24-8-10-25(11-9-24)26-19-36-37-20-26/h7-11,14,18-20,27-28H,4-6,12-13,15-17,21-22,34H2,1-3H3,(H,35,41)(H,36,37)(H,38,42)/t27-/m1/s1. The Bertz CT molecular complexity index is 1370. The highest BCUT2D eigenvalue weighted by molar-refractivity contribution is 5.84. The number of H-pyrrole nitrogens is 1. The first-order valence-electron chi connectivity index (χ1n) is 15.4. The summed E-state index contributed by atoms with van der Waals surface area (Å²) >= 11 is 0. The van der Waals surface area contributed by atoms with Crippen LogP contribution in [0.2, 0.25) is 0 Å². The molecule has 1 saturated carbocycles. The van der Waals surface area contributed by atoms with Crippen molar-refractivity contribution in [1.29, 1.82) is 0 Å². The lowest BCUT2D eigenvalue weighted by atomic mass is 10.0. The Hall–Kier alpha value is -4.05. The highest BCUT2D eigenvalue weighted by atomic mass is 16.5. The highest BCUT2D eigenvalue weighted by Crippen LogP contribution is 2.32. The third kappa shape index (κ3) is 7.87. The number of aromatic amines is 1. The van der Waals surface area contributed by atoms with Crippen LogP contribution >= 0.6 is 0 Å². The maximum Gasteiger partial charge on any atom is 0.318 e. The molecule has 0 unspecified atom stereocenters. The topological polar surface area (TPSA) is 129 Å². The van der Waals surface area contributed by atoms with E-state index >= 15 is 0 Å². The Morgan fingerprint density at radius 2 is 1.93 bits per heavy atom. The average Bonchev–Trinajstić information content (AvgIpc) is 3.69. The number of aryl methyl sites for hydroxylation is 1. The van der Waals surface area contributed by atoms with Crippen LogP contribution in [0.15, 0.2) is 54.9 Å². The number of rotatable bonds is 12. The molecule has 0 radical (unpaired) electrons. The van der Waals surface area contributed by atoms with E-state index in [2.05, 4.69) is 56.9 Å².